The van der Waals surface area contributed by atoms with Gasteiger partial charge in [-0.25, -0.2) is 0 Å². The van der Waals surface area contributed by atoms with Crippen LogP contribution in [0.3, 0.4) is 0 Å². The molecule has 0 radical (unpaired) electrons. The van der Waals surface area contributed by atoms with Crippen molar-refractivity contribution in [1.29, 1.82) is 5.41 Å². The zero-order chi connectivity index (χ0) is 8.39. The molecule has 1 aliphatic heterocycles. The number of nitrogens with zero attached hydrogens (tertiary/aromatic N) is 1. The number of benzene rings is 1. The van der Waals surface area contributed by atoms with Gasteiger partial charge in [-0.2, -0.15) is 4.99 Å². The van der Waals surface area contributed by atoms with Gasteiger partial charge in [0.25, 0.3) is 15.9 Å². The molecule has 0 atom stereocenters. The Morgan fingerprint density at radius 2 is 2.17 bits per heavy atom. The highest BCUT2D eigenvalue weighted by atomic mass is 32.1. The number of para-hydroxylation sites is 1. The van der Waals surface area contributed by atoms with Crippen LogP contribution in [0, 0.1) is 9.92 Å². The van der Waals surface area contributed by atoms with Gasteiger partial charge in [0.2, 0.25) is 0 Å². The van der Waals surface area contributed by atoms with Crippen LogP contribution in [-0.4, -0.2) is 5.87 Å². The molecular formula is C9H5N2S+. The Kier molecular flexibility index (Phi) is 1.69. The van der Waals surface area contributed by atoms with Crippen LogP contribution in [0.1, 0.15) is 0 Å². The summed E-state index contributed by atoms with van der Waals surface area (Å²) in [7, 11) is 0. The van der Waals surface area contributed by atoms with E-state index in [4.69, 9.17) is 5.41 Å². The van der Waals surface area contributed by atoms with E-state index in [2.05, 4.69) is 16.6 Å². The molecule has 56 valence electrons. The number of hydrogen-bond acceptors (Lipinski definition) is 2. The van der Waals surface area contributed by atoms with Crippen molar-refractivity contribution in [2.75, 3.05) is 0 Å². The molecular weight excluding hydrogens is 168 g/mol. The molecule has 1 heterocycles. The van der Waals surface area contributed by atoms with E-state index in [1.54, 1.807) is 0 Å². The van der Waals surface area contributed by atoms with E-state index in [1.165, 1.54) is 11.4 Å². The monoisotopic (exact) mass is 173 g/mol. The Morgan fingerprint density at radius 1 is 1.33 bits per heavy atom. The van der Waals surface area contributed by atoms with E-state index in [0.717, 1.165) is 9.87 Å². The summed E-state index contributed by atoms with van der Waals surface area (Å²) in [5.41, 5.74) is 2.62. The first-order chi connectivity index (χ1) is 5.90. The molecule has 12 heavy (non-hydrogen) atoms. The lowest BCUT2D eigenvalue weighted by atomic mass is 10.3. The molecule has 0 fully saturated rings. The van der Waals surface area contributed by atoms with E-state index < -0.39 is 0 Å². The summed E-state index contributed by atoms with van der Waals surface area (Å²) in [5, 5.41) is 8.39. The minimum atomic E-state index is 0.714. The summed E-state index contributed by atoms with van der Waals surface area (Å²) in [6, 6.07) is 7.86. The molecule has 2 rings (SSSR count). The third kappa shape index (κ3) is 1.13. The second-order valence-corrected chi connectivity index (χ2v) is 3.27. The number of fused-ring (bicyclic) bond motifs is 1. The molecule has 0 unspecified atom stereocenters. The molecule has 0 saturated heterocycles. The summed E-state index contributed by atoms with van der Waals surface area (Å²) in [4.78, 5) is 4.23. The summed E-state index contributed by atoms with van der Waals surface area (Å²) < 4.78 is 1.12. The minimum absolute atomic E-state index is 0.714. The van der Waals surface area contributed by atoms with Gasteiger partial charge in [-0.15, -0.1) is 0 Å². The Bertz CT molecular complexity index is 481. The Hall–Kier alpha value is -1.53. The van der Waals surface area contributed by atoms with Crippen molar-refractivity contribution in [3.8, 4) is 0 Å². The summed E-state index contributed by atoms with van der Waals surface area (Å²) in [5.74, 6) is 2.09. The highest BCUT2D eigenvalue weighted by Crippen LogP contribution is 1.99. The molecule has 0 amide bonds. The average molecular weight is 173 g/mol. The third-order valence-electron chi connectivity index (χ3n) is 1.46. The molecule has 1 aromatic carbocycles. The largest absolute Gasteiger partial charge is 0.378 e. The predicted molar refractivity (Wildman–Crippen MR) is 48.6 cm³/mol. The second kappa shape index (κ2) is 2.84. The van der Waals surface area contributed by atoms with Gasteiger partial charge in [-0.1, -0.05) is 12.1 Å². The number of hydrogen-bond donors (Lipinski definition) is 1. The molecule has 0 saturated carbocycles. The average Bonchev–Trinajstić information content (AvgIpc) is 2.47. The standard InChI is InChI=1S/C9H5N2S/c10-6-5-9-11-7-3-1-2-4-8(7)12-9/h1-4,10H/q+1. The first-order valence-electron chi connectivity index (χ1n) is 3.43. The fourth-order valence-electron chi connectivity index (χ4n) is 0.979. The molecule has 0 spiro atoms. The van der Waals surface area contributed by atoms with Crippen LogP contribution in [0.25, 0.3) is 0 Å². The van der Waals surface area contributed by atoms with Gasteiger partial charge in [0.15, 0.2) is 0 Å². The third-order valence-corrected chi connectivity index (χ3v) is 2.42. The van der Waals surface area contributed by atoms with E-state index in [-0.39, 0.29) is 0 Å². The van der Waals surface area contributed by atoms with Crippen LogP contribution in [0.2, 0.25) is 0 Å². The fourth-order valence-corrected chi connectivity index (χ4v) is 1.80. The van der Waals surface area contributed by atoms with E-state index >= 15 is 0 Å². The van der Waals surface area contributed by atoms with Crippen LogP contribution in [0.15, 0.2) is 40.0 Å². The topological polar surface area (TPSA) is 36.2 Å². The van der Waals surface area contributed by atoms with Crippen LogP contribution < -0.4 is 5.36 Å². The van der Waals surface area contributed by atoms with Gasteiger partial charge < -0.3 is 0 Å². The van der Waals surface area contributed by atoms with Crippen molar-refractivity contribution in [3.05, 3.63) is 44.9 Å². The van der Waals surface area contributed by atoms with Crippen molar-refractivity contribution in [2.24, 2.45) is 4.99 Å². The Balaban J connectivity index is 2.85. The highest BCUT2D eigenvalue weighted by molar-refractivity contribution is 7.74. The van der Waals surface area contributed by atoms with Crippen molar-refractivity contribution in [2.45, 2.75) is 0 Å². The summed E-state index contributed by atoms with van der Waals surface area (Å²) >= 11 is 1.52. The highest BCUT2D eigenvalue weighted by Gasteiger charge is 2.13. The molecule has 3 heteroatoms. The van der Waals surface area contributed by atoms with E-state index in [0.29, 0.717) is 5.03 Å². The normalized spacial score (nSPS) is 12.2. The fraction of sp³-hybridized carbons (Fsp3) is 0. The lowest BCUT2D eigenvalue weighted by Crippen LogP contribution is -1.96. The first-order valence-corrected chi connectivity index (χ1v) is 4.25. The molecule has 0 bridgehead atoms. The van der Waals surface area contributed by atoms with Gasteiger partial charge in [-0.05, 0) is 6.07 Å². The molecule has 1 aromatic rings. The number of nitrogens with one attached hydrogen (secondary N) is 1. The smallest absolute Gasteiger partial charge is 0.251 e. The van der Waals surface area contributed by atoms with Gasteiger partial charge >= 0.3 is 5.03 Å². The summed E-state index contributed by atoms with van der Waals surface area (Å²) in [6.45, 7) is 0. The second-order valence-electron chi connectivity index (χ2n) is 2.24. The first kappa shape index (κ1) is 7.14. The quantitative estimate of drug-likeness (QED) is 0.262. The van der Waals surface area contributed by atoms with Gasteiger partial charge in [0.1, 0.15) is 5.36 Å². The van der Waals surface area contributed by atoms with Gasteiger partial charge in [-0.3, -0.25) is 5.41 Å². The zero-order valence-electron chi connectivity index (χ0n) is 6.16. The minimum Gasteiger partial charge on any atom is -0.251 e. The molecule has 2 nitrogen and oxygen atoms in total. The van der Waals surface area contributed by atoms with Gasteiger partial charge in [0.05, 0.1) is 0 Å². The maximum Gasteiger partial charge on any atom is 0.378 e. The molecule has 0 aliphatic carbocycles. The lowest BCUT2D eigenvalue weighted by molar-refractivity contribution is 1.34. The predicted octanol–water partition coefficient (Wildman–Crippen LogP) is 0.898. The zero-order valence-corrected chi connectivity index (χ0v) is 6.98. The number of rotatable bonds is 0. The molecule has 0 aromatic heterocycles. The van der Waals surface area contributed by atoms with Crippen LogP contribution in [0.4, 0.5) is 0 Å². The van der Waals surface area contributed by atoms with Crippen LogP contribution >= 0.6 is 0 Å². The molecule has 1 N–H and O–H groups in total. The maximum atomic E-state index is 6.72. The molecule has 1 aliphatic rings. The lowest BCUT2D eigenvalue weighted by Gasteiger charge is -1.70. The summed E-state index contributed by atoms with van der Waals surface area (Å²) in [6.07, 6.45) is 0. The van der Waals surface area contributed by atoms with Crippen LogP contribution in [-0.2, 0) is 11.4 Å². The SMILES string of the molecule is N=C=C=C1N=c2ccccc2=[S+]1. The van der Waals surface area contributed by atoms with E-state index in [9.17, 15) is 0 Å². The van der Waals surface area contributed by atoms with Crippen molar-refractivity contribution in [3.63, 3.8) is 0 Å². The van der Waals surface area contributed by atoms with Gasteiger partial charge in [0, 0.05) is 17.7 Å². The Labute approximate surface area is 73.0 Å². The Morgan fingerprint density at radius 3 is 2.92 bits per heavy atom. The van der Waals surface area contributed by atoms with Crippen molar-refractivity contribution >= 4 is 17.2 Å². The van der Waals surface area contributed by atoms with E-state index in [1.807, 2.05) is 24.3 Å². The maximum absolute atomic E-state index is 6.72. The van der Waals surface area contributed by atoms with Crippen molar-refractivity contribution in [1.82, 2.24) is 0 Å². The van der Waals surface area contributed by atoms with Crippen molar-refractivity contribution < 1.29 is 0 Å². The van der Waals surface area contributed by atoms with Crippen LogP contribution in [0.5, 0.6) is 0 Å².